The number of amides is 1. The second-order valence-electron chi connectivity index (χ2n) is 5.22. The van der Waals surface area contributed by atoms with Crippen molar-refractivity contribution < 1.29 is 4.79 Å². The summed E-state index contributed by atoms with van der Waals surface area (Å²) >= 11 is 7.87. The zero-order valence-electron chi connectivity index (χ0n) is 11.7. The maximum absolute atomic E-state index is 11.9. The van der Waals surface area contributed by atoms with Gasteiger partial charge in [0.05, 0.1) is 0 Å². The molecule has 1 saturated carbocycles. The van der Waals surface area contributed by atoms with Gasteiger partial charge in [0, 0.05) is 16.5 Å². The number of halogens is 1. The van der Waals surface area contributed by atoms with Crippen molar-refractivity contribution in [2.75, 3.05) is 12.3 Å². The van der Waals surface area contributed by atoms with E-state index >= 15 is 0 Å². The molecule has 1 atom stereocenters. The molecule has 1 aromatic rings. The van der Waals surface area contributed by atoms with Gasteiger partial charge in [0.25, 0.3) is 0 Å². The molecule has 0 aromatic heterocycles. The van der Waals surface area contributed by atoms with Crippen molar-refractivity contribution >= 4 is 29.3 Å². The number of rotatable bonds is 8. The van der Waals surface area contributed by atoms with Gasteiger partial charge in [-0.1, -0.05) is 36.7 Å². The van der Waals surface area contributed by atoms with Crippen molar-refractivity contribution in [2.45, 2.75) is 31.1 Å². The number of nitrogens with one attached hydrogen (secondary N) is 1. The molecule has 1 aromatic carbocycles. The summed E-state index contributed by atoms with van der Waals surface area (Å²) in [7, 11) is 0. The van der Waals surface area contributed by atoms with Gasteiger partial charge in [0.1, 0.15) is 5.54 Å². The summed E-state index contributed by atoms with van der Waals surface area (Å²) in [6.45, 7) is 2.77. The minimum atomic E-state index is -0.555. The number of benzene rings is 1. The van der Waals surface area contributed by atoms with E-state index in [-0.39, 0.29) is 5.91 Å². The zero-order valence-corrected chi connectivity index (χ0v) is 13.3. The van der Waals surface area contributed by atoms with Gasteiger partial charge >= 0.3 is 0 Å². The van der Waals surface area contributed by atoms with Crippen LogP contribution < -0.4 is 11.1 Å². The number of primary amides is 1. The molecular formula is C15H21ClN2OS. The van der Waals surface area contributed by atoms with Gasteiger partial charge in [0.2, 0.25) is 5.91 Å². The van der Waals surface area contributed by atoms with E-state index in [1.54, 1.807) is 11.8 Å². The van der Waals surface area contributed by atoms with Crippen molar-refractivity contribution in [1.29, 1.82) is 0 Å². The predicted octanol–water partition coefficient (Wildman–Crippen LogP) is 2.82. The molecule has 1 unspecified atom stereocenters. The summed E-state index contributed by atoms with van der Waals surface area (Å²) in [5.41, 5.74) is 6.21. The Morgan fingerprint density at radius 1 is 1.50 bits per heavy atom. The van der Waals surface area contributed by atoms with Crippen LogP contribution in [0.3, 0.4) is 0 Å². The first-order valence-electron chi connectivity index (χ1n) is 6.96. The molecule has 1 amide bonds. The fourth-order valence-electron chi connectivity index (χ4n) is 2.50. The summed E-state index contributed by atoms with van der Waals surface area (Å²) < 4.78 is 0. The third-order valence-corrected chi connectivity index (χ3v) is 5.29. The second kappa shape index (κ2) is 6.83. The van der Waals surface area contributed by atoms with Crippen LogP contribution in [0.4, 0.5) is 0 Å². The van der Waals surface area contributed by atoms with Crippen LogP contribution in [-0.2, 0) is 10.5 Å². The molecule has 3 nitrogen and oxygen atoms in total. The Balaban J connectivity index is 1.99. The summed E-state index contributed by atoms with van der Waals surface area (Å²) in [6, 6.07) is 7.82. The minimum absolute atomic E-state index is 0.228. The van der Waals surface area contributed by atoms with E-state index in [0.29, 0.717) is 11.7 Å². The Morgan fingerprint density at radius 2 is 2.20 bits per heavy atom. The van der Waals surface area contributed by atoms with Crippen LogP contribution in [0.2, 0.25) is 5.02 Å². The molecule has 0 bridgehead atoms. The van der Waals surface area contributed by atoms with Crippen molar-refractivity contribution in [3.05, 3.63) is 34.9 Å². The Labute approximate surface area is 129 Å². The normalized spacial score (nSPS) is 17.7. The molecule has 0 spiro atoms. The molecule has 1 fully saturated rings. The van der Waals surface area contributed by atoms with Gasteiger partial charge in [-0.15, -0.1) is 0 Å². The van der Waals surface area contributed by atoms with Crippen LogP contribution in [0.15, 0.2) is 24.3 Å². The summed E-state index contributed by atoms with van der Waals surface area (Å²) in [5.74, 6) is 1.66. The minimum Gasteiger partial charge on any atom is -0.368 e. The Morgan fingerprint density at radius 3 is 2.75 bits per heavy atom. The van der Waals surface area contributed by atoms with E-state index in [1.165, 1.54) is 0 Å². The third kappa shape index (κ3) is 3.48. The van der Waals surface area contributed by atoms with Gasteiger partial charge in [-0.2, -0.15) is 11.8 Å². The van der Waals surface area contributed by atoms with E-state index in [2.05, 4.69) is 5.32 Å². The fraction of sp³-hybridized carbons (Fsp3) is 0.533. The highest BCUT2D eigenvalue weighted by Crippen LogP contribution is 2.41. The molecule has 3 N–H and O–H groups in total. The summed E-state index contributed by atoms with van der Waals surface area (Å²) in [5, 5.41) is 4.11. The van der Waals surface area contributed by atoms with Gasteiger partial charge in [-0.25, -0.2) is 0 Å². The van der Waals surface area contributed by atoms with Gasteiger partial charge in [0.15, 0.2) is 0 Å². The number of likely N-dealkylation sites (N-methyl/N-ethyl adjacent to an activating group) is 1. The van der Waals surface area contributed by atoms with Crippen LogP contribution in [0.25, 0.3) is 0 Å². The van der Waals surface area contributed by atoms with E-state index < -0.39 is 5.54 Å². The van der Waals surface area contributed by atoms with Gasteiger partial charge < -0.3 is 11.1 Å². The van der Waals surface area contributed by atoms with E-state index in [4.69, 9.17) is 17.3 Å². The van der Waals surface area contributed by atoms with Crippen LogP contribution in [0.5, 0.6) is 0 Å². The van der Waals surface area contributed by atoms with Crippen molar-refractivity contribution in [1.82, 2.24) is 5.32 Å². The van der Waals surface area contributed by atoms with Crippen LogP contribution in [-0.4, -0.2) is 23.7 Å². The van der Waals surface area contributed by atoms with Crippen LogP contribution in [0.1, 0.15) is 25.3 Å². The lowest BCUT2D eigenvalue weighted by atomic mass is 9.94. The number of hydrogen-bond acceptors (Lipinski definition) is 3. The average molecular weight is 313 g/mol. The smallest absolute Gasteiger partial charge is 0.238 e. The molecular weight excluding hydrogens is 292 g/mol. The Bertz CT molecular complexity index is 479. The van der Waals surface area contributed by atoms with Crippen LogP contribution in [0, 0.1) is 5.92 Å². The Hall–Kier alpha value is -0.710. The predicted molar refractivity (Wildman–Crippen MR) is 85.9 cm³/mol. The highest BCUT2D eigenvalue weighted by molar-refractivity contribution is 7.98. The topological polar surface area (TPSA) is 55.1 Å². The number of thioether (sulfide) groups is 1. The van der Waals surface area contributed by atoms with Crippen molar-refractivity contribution in [3.63, 3.8) is 0 Å². The highest BCUT2D eigenvalue weighted by atomic mass is 35.5. The molecule has 5 heteroatoms. The highest BCUT2D eigenvalue weighted by Gasteiger charge is 2.49. The number of nitrogens with two attached hydrogens (primary N) is 1. The lowest BCUT2D eigenvalue weighted by Gasteiger charge is -2.31. The van der Waals surface area contributed by atoms with E-state index in [0.717, 1.165) is 35.7 Å². The van der Waals surface area contributed by atoms with E-state index in [1.807, 2.05) is 31.2 Å². The van der Waals surface area contributed by atoms with Crippen molar-refractivity contribution in [3.8, 4) is 0 Å². The second-order valence-corrected chi connectivity index (χ2v) is 6.62. The molecule has 0 heterocycles. The quantitative estimate of drug-likeness (QED) is 0.776. The number of hydrogen-bond donors (Lipinski definition) is 2. The maximum Gasteiger partial charge on any atom is 0.238 e. The monoisotopic (exact) mass is 312 g/mol. The average Bonchev–Trinajstić information content (AvgIpc) is 3.24. The molecule has 0 aliphatic heterocycles. The van der Waals surface area contributed by atoms with Gasteiger partial charge in [-0.3, -0.25) is 4.79 Å². The molecule has 0 radical (unpaired) electrons. The lowest BCUT2D eigenvalue weighted by Crippen LogP contribution is -2.59. The molecule has 110 valence electrons. The largest absolute Gasteiger partial charge is 0.368 e. The molecule has 1 aliphatic rings. The number of carbonyl (C=O) groups excluding carboxylic acids is 1. The first kappa shape index (κ1) is 15.7. The van der Waals surface area contributed by atoms with Crippen molar-refractivity contribution in [2.24, 2.45) is 11.7 Å². The molecule has 20 heavy (non-hydrogen) atoms. The Kier molecular flexibility index (Phi) is 5.35. The first-order valence-corrected chi connectivity index (χ1v) is 8.49. The zero-order chi connectivity index (χ0) is 14.6. The number of carbonyl (C=O) groups is 1. The lowest BCUT2D eigenvalue weighted by molar-refractivity contribution is -0.124. The first-order chi connectivity index (χ1) is 9.60. The molecule has 1 aliphatic carbocycles. The van der Waals surface area contributed by atoms with Crippen LogP contribution >= 0.6 is 23.4 Å². The SMILES string of the molecule is CCNC(CSCc1ccccc1Cl)(C(N)=O)C1CC1. The standard InChI is InChI=1S/C15H21ClN2OS/c1-2-18-15(14(17)19,12-7-8-12)10-20-9-11-5-3-4-6-13(11)16/h3-6,12,18H,2,7-10H2,1H3,(H2,17,19). The van der Waals surface area contributed by atoms with Gasteiger partial charge in [-0.05, 0) is 36.9 Å². The van der Waals surface area contributed by atoms with E-state index in [9.17, 15) is 4.79 Å². The fourth-order valence-corrected chi connectivity index (χ4v) is 4.16. The summed E-state index contributed by atoms with van der Waals surface area (Å²) in [6.07, 6.45) is 2.17. The maximum atomic E-state index is 11.9. The third-order valence-electron chi connectivity index (χ3n) is 3.75. The molecule has 0 saturated heterocycles. The summed E-state index contributed by atoms with van der Waals surface area (Å²) in [4.78, 5) is 11.9. The molecule has 2 rings (SSSR count).